The molecule has 194 valence electrons. The lowest BCUT2D eigenvalue weighted by atomic mass is 9.74. The summed E-state index contributed by atoms with van der Waals surface area (Å²) in [4.78, 5) is 14.4. The van der Waals surface area contributed by atoms with Crippen molar-refractivity contribution in [3.05, 3.63) is 0 Å². The SMILES string of the molecule is CC(C)(C)OC(=O)N1CCC2(CC1)C[C@@H](O[Si](C)(C)C(C)(C)C)C[C@H]2NS(=O)(=O)C(C)(C)C. The summed E-state index contributed by atoms with van der Waals surface area (Å²) in [5.74, 6) is 0. The van der Waals surface area contributed by atoms with Crippen molar-refractivity contribution < 1.29 is 22.4 Å². The molecule has 1 saturated carbocycles. The van der Waals surface area contributed by atoms with Crippen LogP contribution in [0.3, 0.4) is 0 Å². The number of amides is 1. The van der Waals surface area contributed by atoms with Crippen LogP contribution in [0.15, 0.2) is 0 Å². The first-order chi connectivity index (χ1) is 14.6. The van der Waals surface area contributed by atoms with Gasteiger partial charge < -0.3 is 14.1 Å². The summed E-state index contributed by atoms with van der Waals surface area (Å²) in [5, 5.41) is 0.0866. The minimum atomic E-state index is -3.51. The molecule has 0 unspecified atom stereocenters. The van der Waals surface area contributed by atoms with E-state index in [2.05, 4.69) is 38.6 Å². The van der Waals surface area contributed by atoms with Gasteiger partial charge in [0.2, 0.25) is 10.0 Å². The van der Waals surface area contributed by atoms with Crippen molar-refractivity contribution in [3.63, 3.8) is 0 Å². The molecule has 2 fully saturated rings. The number of nitrogens with one attached hydrogen (secondary N) is 1. The van der Waals surface area contributed by atoms with Crippen LogP contribution < -0.4 is 4.72 Å². The number of hydrogen-bond acceptors (Lipinski definition) is 5. The van der Waals surface area contributed by atoms with Gasteiger partial charge in [0.25, 0.3) is 0 Å². The summed E-state index contributed by atoms with van der Waals surface area (Å²) >= 11 is 0. The van der Waals surface area contributed by atoms with Crippen molar-refractivity contribution in [2.24, 2.45) is 5.41 Å². The van der Waals surface area contributed by atoms with E-state index in [1.165, 1.54) is 0 Å². The van der Waals surface area contributed by atoms with E-state index in [9.17, 15) is 13.2 Å². The number of nitrogens with zero attached hydrogens (tertiary/aromatic N) is 1. The molecule has 0 aromatic rings. The third kappa shape index (κ3) is 6.73. The highest BCUT2D eigenvalue weighted by atomic mass is 32.2. The molecule has 0 bridgehead atoms. The average molecular weight is 505 g/mol. The average Bonchev–Trinajstić information content (AvgIpc) is 2.87. The van der Waals surface area contributed by atoms with Crippen LogP contribution in [0.1, 0.15) is 88.0 Å². The Labute approximate surface area is 203 Å². The zero-order chi connectivity index (χ0) is 25.7. The van der Waals surface area contributed by atoms with E-state index in [-0.39, 0.29) is 28.7 Å². The normalized spacial score (nSPS) is 24.9. The van der Waals surface area contributed by atoms with E-state index < -0.39 is 28.7 Å². The van der Waals surface area contributed by atoms with Gasteiger partial charge in [-0.1, -0.05) is 20.8 Å². The molecule has 1 spiro atoms. The Morgan fingerprint density at radius 1 is 1.00 bits per heavy atom. The summed E-state index contributed by atoms with van der Waals surface area (Å²) < 4.78 is 40.7. The van der Waals surface area contributed by atoms with Gasteiger partial charge in [-0.3, -0.25) is 0 Å². The Balaban J connectivity index is 2.24. The van der Waals surface area contributed by atoms with Gasteiger partial charge in [-0.15, -0.1) is 0 Å². The molecule has 1 saturated heterocycles. The van der Waals surface area contributed by atoms with Crippen LogP contribution in [-0.2, 0) is 19.2 Å². The number of ether oxygens (including phenoxy) is 1. The molecule has 1 aliphatic heterocycles. The monoisotopic (exact) mass is 504 g/mol. The molecular formula is C24H48N2O5SSi. The molecule has 1 N–H and O–H groups in total. The number of carbonyl (C=O) groups excluding carboxylic acids is 1. The summed E-state index contributed by atoms with van der Waals surface area (Å²) in [6.07, 6.45) is 2.69. The third-order valence-electron chi connectivity index (χ3n) is 7.65. The summed E-state index contributed by atoms with van der Waals surface area (Å²) in [6, 6.07) is -0.197. The fraction of sp³-hybridized carbons (Fsp3) is 0.958. The zero-order valence-corrected chi connectivity index (χ0v) is 24.6. The Bertz CT molecular complexity index is 813. The van der Waals surface area contributed by atoms with E-state index in [4.69, 9.17) is 9.16 Å². The Morgan fingerprint density at radius 2 is 1.52 bits per heavy atom. The van der Waals surface area contributed by atoms with E-state index >= 15 is 0 Å². The van der Waals surface area contributed by atoms with Crippen molar-refractivity contribution in [2.75, 3.05) is 13.1 Å². The standard InChI is InChI=1S/C24H48N2O5SSi/c1-21(2,3)30-20(27)26-14-12-24(13-15-26)17-18(31-33(10,11)23(7,8)9)16-19(24)25-32(28,29)22(4,5)6/h18-19,25H,12-17H2,1-11H3/t18-,19+/m0/s1. The molecule has 0 radical (unpaired) electrons. The molecular weight excluding hydrogens is 456 g/mol. The number of hydrogen-bond donors (Lipinski definition) is 1. The van der Waals surface area contributed by atoms with Crippen molar-refractivity contribution in [1.29, 1.82) is 0 Å². The number of carbonyl (C=O) groups is 1. The van der Waals surface area contributed by atoms with E-state index in [1.807, 2.05) is 20.8 Å². The number of likely N-dealkylation sites (tertiary alicyclic amines) is 1. The van der Waals surface area contributed by atoms with E-state index in [0.717, 1.165) is 19.3 Å². The molecule has 0 aromatic carbocycles. The summed E-state index contributed by atoms with van der Waals surface area (Å²) in [7, 11) is -5.50. The molecule has 2 atom stereocenters. The maximum atomic E-state index is 13.1. The van der Waals surface area contributed by atoms with Crippen molar-refractivity contribution >= 4 is 24.4 Å². The molecule has 2 aliphatic rings. The molecule has 33 heavy (non-hydrogen) atoms. The fourth-order valence-corrected chi connectivity index (χ4v) is 6.87. The summed E-state index contributed by atoms with van der Waals surface area (Å²) in [5.41, 5.74) is -0.754. The Morgan fingerprint density at radius 3 is 1.94 bits per heavy atom. The lowest BCUT2D eigenvalue weighted by Gasteiger charge is -2.44. The van der Waals surface area contributed by atoms with Crippen LogP contribution in [0.2, 0.25) is 18.1 Å². The second kappa shape index (κ2) is 9.10. The number of piperidine rings is 1. The fourth-order valence-electron chi connectivity index (χ4n) is 4.43. The van der Waals surface area contributed by atoms with Crippen molar-refractivity contribution in [3.8, 4) is 0 Å². The Hall–Kier alpha value is -0.643. The lowest BCUT2D eigenvalue weighted by molar-refractivity contribution is 0.00699. The predicted molar refractivity (Wildman–Crippen MR) is 136 cm³/mol. The molecule has 0 aromatic heterocycles. The van der Waals surface area contributed by atoms with Crippen LogP contribution in [0.25, 0.3) is 0 Å². The van der Waals surface area contributed by atoms with E-state index in [1.54, 1.807) is 25.7 Å². The number of sulfonamides is 1. The first kappa shape index (κ1) is 28.6. The zero-order valence-electron chi connectivity index (χ0n) is 22.8. The highest BCUT2D eigenvalue weighted by molar-refractivity contribution is 7.90. The first-order valence-corrected chi connectivity index (χ1v) is 16.7. The minimum absolute atomic E-state index is 0.0200. The number of rotatable bonds is 4. The minimum Gasteiger partial charge on any atom is -0.444 e. The van der Waals surface area contributed by atoms with Crippen LogP contribution >= 0.6 is 0 Å². The lowest BCUT2D eigenvalue weighted by Crippen LogP contribution is -2.54. The van der Waals surface area contributed by atoms with Crippen LogP contribution in [0.5, 0.6) is 0 Å². The smallest absolute Gasteiger partial charge is 0.410 e. The topological polar surface area (TPSA) is 84.9 Å². The van der Waals surface area contributed by atoms with E-state index in [0.29, 0.717) is 19.5 Å². The third-order valence-corrected chi connectivity index (χ3v) is 14.4. The van der Waals surface area contributed by atoms with Gasteiger partial charge >= 0.3 is 6.09 Å². The van der Waals surface area contributed by atoms with Crippen LogP contribution in [0, 0.1) is 5.41 Å². The van der Waals surface area contributed by atoms with Gasteiger partial charge in [0.15, 0.2) is 8.32 Å². The Kier molecular flexibility index (Phi) is 7.88. The molecule has 9 heteroatoms. The maximum absolute atomic E-state index is 13.1. The maximum Gasteiger partial charge on any atom is 0.410 e. The first-order valence-electron chi connectivity index (χ1n) is 12.3. The van der Waals surface area contributed by atoms with Gasteiger partial charge in [0, 0.05) is 25.2 Å². The molecule has 7 nitrogen and oxygen atoms in total. The quantitative estimate of drug-likeness (QED) is 0.527. The largest absolute Gasteiger partial charge is 0.444 e. The molecule has 2 rings (SSSR count). The molecule has 1 aliphatic carbocycles. The van der Waals surface area contributed by atoms with Crippen LogP contribution in [-0.4, -0.2) is 63.3 Å². The summed E-state index contributed by atoms with van der Waals surface area (Å²) in [6.45, 7) is 23.1. The van der Waals surface area contributed by atoms with Crippen LogP contribution in [0.4, 0.5) is 4.79 Å². The van der Waals surface area contributed by atoms with Gasteiger partial charge in [-0.05, 0) is 90.8 Å². The van der Waals surface area contributed by atoms with Crippen molar-refractivity contribution in [1.82, 2.24) is 9.62 Å². The predicted octanol–water partition coefficient (Wildman–Crippen LogP) is 5.27. The van der Waals surface area contributed by atoms with Gasteiger partial charge in [0.1, 0.15) is 5.60 Å². The highest BCUT2D eigenvalue weighted by Crippen LogP contribution is 2.50. The molecule has 1 heterocycles. The highest BCUT2D eigenvalue weighted by Gasteiger charge is 2.53. The second-order valence-electron chi connectivity index (χ2n) is 13.6. The second-order valence-corrected chi connectivity index (χ2v) is 20.8. The van der Waals surface area contributed by atoms with Gasteiger partial charge in [-0.25, -0.2) is 17.9 Å². The van der Waals surface area contributed by atoms with Crippen molar-refractivity contribution in [2.45, 2.75) is 129 Å². The van der Waals surface area contributed by atoms with Gasteiger partial charge in [-0.2, -0.15) is 0 Å². The van der Waals surface area contributed by atoms with Gasteiger partial charge in [0.05, 0.1) is 4.75 Å². The molecule has 1 amide bonds.